The van der Waals surface area contributed by atoms with Crippen LogP contribution in [0.3, 0.4) is 0 Å². The fraction of sp³-hybridized carbons (Fsp3) is 0.700. The zero-order chi connectivity index (χ0) is 10.6. The molecular formula is C10H19N3O. The van der Waals surface area contributed by atoms with Gasteiger partial charge < -0.3 is 15.4 Å². The number of aliphatic hydroxyl groups is 1. The average molecular weight is 197 g/mol. The molecule has 0 spiro atoms. The molecular weight excluding hydrogens is 178 g/mol. The first kappa shape index (κ1) is 11.2. The number of nitrogens with two attached hydrogens (primary N) is 1. The van der Waals surface area contributed by atoms with Crippen LogP contribution in [0.25, 0.3) is 0 Å². The lowest BCUT2D eigenvalue weighted by atomic mass is 10.1. The van der Waals surface area contributed by atoms with Gasteiger partial charge in [0.05, 0.1) is 12.1 Å². The van der Waals surface area contributed by atoms with Gasteiger partial charge in [-0.15, -0.1) is 0 Å². The summed E-state index contributed by atoms with van der Waals surface area (Å²) in [5.41, 5.74) is 4.62. The summed E-state index contributed by atoms with van der Waals surface area (Å²) in [5.74, 6) is 1.02. The third-order valence-electron chi connectivity index (χ3n) is 2.23. The van der Waals surface area contributed by atoms with E-state index in [1.54, 1.807) is 13.1 Å². The van der Waals surface area contributed by atoms with E-state index < -0.39 is 5.60 Å². The van der Waals surface area contributed by atoms with Gasteiger partial charge in [0, 0.05) is 25.4 Å². The second kappa shape index (κ2) is 4.57. The van der Waals surface area contributed by atoms with Gasteiger partial charge in [0.1, 0.15) is 5.82 Å². The van der Waals surface area contributed by atoms with Crippen molar-refractivity contribution in [3.05, 3.63) is 18.2 Å². The topological polar surface area (TPSA) is 64.1 Å². The minimum atomic E-state index is -0.844. The summed E-state index contributed by atoms with van der Waals surface area (Å²) in [4.78, 5) is 4.24. The Labute approximate surface area is 84.8 Å². The van der Waals surface area contributed by atoms with E-state index >= 15 is 0 Å². The predicted octanol–water partition coefficient (Wildman–Crippen LogP) is 0.545. The van der Waals surface area contributed by atoms with E-state index in [9.17, 15) is 5.11 Å². The van der Waals surface area contributed by atoms with Crippen molar-refractivity contribution >= 4 is 0 Å². The third-order valence-corrected chi connectivity index (χ3v) is 2.23. The lowest BCUT2D eigenvalue weighted by Gasteiger charge is -2.22. The molecule has 4 nitrogen and oxygen atoms in total. The first-order chi connectivity index (χ1) is 6.59. The highest BCUT2D eigenvalue weighted by molar-refractivity contribution is 4.94. The van der Waals surface area contributed by atoms with Crippen molar-refractivity contribution in [2.24, 2.45) is 5.73 Å². The Hall–Kier alpha value is -0.870. The Morgan fingerprint density at radius 3 is 2.93 bits per heavy atom. The van der Waals surface area contributed by atoms with Crippen LogP contribution in [0.15, 0.2) is 12.4 Å². The highest BCUT2D eigenvalue weighted by Crippen LogP contribution is 2.09. The van der Waals surface area contributed by atoms with Gasteiger partial charge in [0.2, 0.25) is 0 Å². The van der Waals surface area contributed by atoms with Crippen LogP contribution in [0.2, 0.25) is 0 Å². The number of hydrogen-bond acceptors (Lipinski definition) is 3. The molecule has 4 heteroatoms. The maximum Gasteiger partial charge on any atom is 0.108 e. The smallest absolute Gasteiger partial charge is 0.108 e. The van der Waals surface area contributed by atoms with Gasteiger partial charge in [-0.2, -0.15) is 0 Å². The molecule has 0 aliphatic rings. The predicted molar refractivity (Wildman–Crippen MR) is 55.9 cm³/mol. The van der Waals surface area contributed by atoms with Crippen LogP contribution < -0.4 is 5.73 Å². The molecule has 3 N–H and O–H groups in total. The van der Waals surface area contributed by atoms with Crippen LogP contribution >= 0.6 is 0 Å². The van der Waals surface area contributed by atoms with Gasteiger partial charge in [-0.3, -0.25) is 0 Å². The standard InChI is InChI=1S/C10H19N3O/c1-3-4-9-12-5-6-13(9)8-10(2,14)7-11/h5-6,14H,3-4,7-8,11H2,1-2H3. The SMILES string of the molecule is CCCc1nccn1CC(C)(O)CN. The summed E-state index contributed by atoms with van der Waals surface area (Å²) in [6, 6.07) is 0. The lowest BCUT2D eigenvalue weighted by Crippen LogP contribution is -2.38. The highest BCUT2D eigenvalue weighted by Gasteiger charge is 2.19. The molecule has 80 valence electrons. The molecule has 14 heavy (non-hydrogen) atoms. The Balaban J connectivity index is 2.70. The molecule has 0 bridgehead atoms. The van der Waals surface area contributed by atoms with Gasteiger partial charge in [0.25, 0.3) is 0 Å². The summed E-state index contributed by atoms with van der Waals surface area (Å²) in [6.45, 7) is 4.62. The molecule has 1 aromatic rings. The minimum absolute atomic E-state index is 0.261. The van der Waals surface area contributed by atoms with Crippen LogP contribution in [0.1, 0.15) is 26.1 Å². The van der Waals surface area contributed by atoms with Crippen LogP contribution in [0.5, 0.6) is 0 Å². The van der Waals surface area contributed by atoms with Gasteiger partial charge >= 0.3 is 0 Å². The van der Waals surface area contributed by atoms with Crippen molar-refractivity contribution in [3.63, 3.8) is 0 Å². The van der Waals surface area contributed by atoms with E-state index in [2.05, 4.69) is 11.9 Å². The monoisotopic (exact) mass is 197 g/mol. The normalized spacial score (nSPS) is 15.4. The van der Waals surface area contributed by atoms with Gasteiger partial charge in [-0.05, 0) is 13.3 Å². The van der Waals surface area contributed by atoms with Gasteiger partial charge in [-0.1, -0.05) is 6.92 Å². The molecule has 0 amide bonds. The van der Waals surface area contributed by atoms with Crippen molar-refractivity contribution in [2.75, 3.05) is 6.54 Å². The molecule has 1 rings (SSSR count). The van der Waals surface area contributed by atoms with Crippen molar-refractivity contribution in [3.8, 4) is 0 Å². The summed E-state index contributed by atoms with van der Waals surface area (Å²) in [7, 11) is 0. The summed E-state index contributed by atoms with van der Waals surface area (Å²) < 4.78 is 1.97. The van der Waals surface area contributed by atoms with E-state index in [1.165, 1.54) is 0 Å². The maximum absolute atomic E-state index is 9.81. The second-order valence-corrected chi connectivity index (χ2v) is 3.92. The number of imidazole rings is 1. The molecule has 0 aromatic carbocycles. The average Bonchev–Trinajstić information content (AvgIpc) is 2.53. The molecule has 1 heterocycles. The zero-order valence-electron chi connectivity index (χ0n) is 8.90. The largest absolute Gasteiger partial charge is 0.387 e. The summed E-state index contributed by atoms with van der Waals surface area (Å²) >= 11 is 0. The molecule has 1 unspecified atom stereocenters. The number of aryl methyl sites for hydroxylation is 1. The molecule has 0 radical (unpaired) electrons. The van der Waals surface area contributed by atoms with E-state index in [-0.39, 0.29) is 6.54 Å². The van der Waals surface area contributed by atoms with E-state index in [4.69, 9.17) is 5.73 Å². The number of aromatic nitrogens is 2. The van der Waals surface area contributed by atoms with Crippen molar-refractivity contribution in [1.29, 1.82) is 0 Å². The molecule has 0 aliphatic heterocycles. The molecule has 1 atom stereocenters. The molecule has 0 saturated heterocycles. The summed E-state index contributed by atoms with van der Waals surface area (Å²) in [6.07, 6.45) is 5.64. The fourth-order valence-corrected chi connectivity index (χ4v) is 1.37. The van der Waals surface area contributed by atoms with Crippen LogP contribution in [0, 0.1) is 0 Å². The molecule has 0 saturated carbocycles. The Kier molecular flexibility index (Phi) is 3.66. The molecule has 0 fully saturated rings. The lowest BCUT2D eigenvalue weighted by molar-refractivity contribution is 0.0499. The van der Waals surface area contributed by atoms with E-state index in [0.29, 0.717) is 6.54 Å². The number of hydrogen-bond donors (Lipinski definition) is 2. The quantitative estimate of drug-likeness (QED) is 0.724. The Morgan fingerprint density at radius 2 is 2.36 bits per heavy atom. The van der Waals surface area contributed by atoms with Crippen LogP contribution in [0.4, 0.5) is 0 Å². The van der Waals surface area contributed by atoms with E-state index in [0.717, 1.165) is 18.7 Å². The third kappa shape index (κ3) is 2.82. The first-order valence-corrected chi connectivity index (χ1v) is 5.01. The Morgan fingerprint density at radius 1 is 1.64 bits per heavy atom. The Bertz CT molecular complexity index is 281. The van der Waals surface area contributed by atoms with Crippen molar-refractivity contribution in [2.45, 2.75) is 38.8 Å². The minimum Gasteiger partial charge on any atom is -0.387 e. The van der Waals surface area contributed by atoms with Crippen molar-refractivity contribution < 1.29 is 5.11 Å². The van der Waals surface area contributed by atoms with Gasteiger partial charge in [-0.25, -0.2) is 4.98 Å². The summed E-state index contributed by atoms with van der Waals surface area (Å²) in [5, 5.41) is 9.81. The number of nitrogens with zero attached hydrogens (tertiary/aromatic N) is 2. The van der Waals surface area contributed by atoms with E-state index in [1.807, 2.05) is 10.8 Å². The molecule has 0 aliphatic carbocycles. The van der Waals surface area contributed by atoms with Crippen molar-refractivity contribution in [1.82, 2.24) is 9.55 Å². The molecule has 1 aromatic heterocycles. The fourth-order valence-electron chi connectivity index (χ4n) is 1.37. The maximum atomic E-state index is 9.81. The number of rotatable bonds is 5. The van der Waals surface area contributed by atoms with Gasteiger partial charge in [0.15, 0.2) is 0 Å². The van der Waals surface area contributed by atoms with Crippen LogP contribution in [-0.2, 0) is 13.0 Å². The highest BCUT2D eigenvalue weighted by atomic mass is 16.3. The van der Waals surface area contributed by atoms with Crippen LogP contribution in [-0.4, -0.2) is 26.8 Å². The second-order valence-electron chi connectivity index (χ2n) is 3.92. The first-order valence-electron chi connectivity index (χ1n) is 5.01. The zero-order valence-corrected chi connectivity index (χ0v) is 8.90.